The number of aryl methyl sites for hydroxylation is 1. The summed E-state index contributed by atoms with van der Waals surface area (Å²) < 4.78 is 0. The fraction of sp³-hybridized carbons (Fsp3) is 0.267. The minimum absolute atomic E-state index is 0.111. The predicted molar refractivity (Wildman–Crippen MR) is 83.5 cm³/mol. The number of ketones is 1. The lowest BCUT2D eigenvalue weighted by atomic mass is 9.80. The molecule has 0 bridgehead atoms. The van der Waals surface area contributed by atoms with Gasteiger partial charge in [-0.3, -0.25) is 4.79 Å². The molecule has 0 saturated heterocycles. The van der Waals surface area contributed by atoms with E-state index >= 15 is 0 Å². The normalized spacial score (nSPS) is 14.2. The first-order valence-corrected chi connectivity index (χ1v) is 7.26. The van der Waals surface area contributed by atoms with E-state index in [0.29, 0.717) is 23.4 Å². The first kappa shape index (κ1) is 14.7. The van der Waals surface area contributed by atoms with Gasteiger partial charge in [0.2, 0.25) is 5.95 Å². The number of carbonyl (C=O) groups excluding carboxylic acids is 1. The summed E-state index contributed by atoms with van der Waals surface area (Å²) in [6, 6.07) is 6.66. The van der Waals surface area contributed by atoms with E-state index in [1.165, 1.54) is 0 Å². The number of aromatic nitrogens is 2. The highest BCUT2D eigenvalue weighted by atomic mass is 16.4. The largest absolute Gasteiger partial charge is 0.488 e. The molecule has 1 aromatic heterocycles. The molecule has 1 aliphatic carbocycles. The quantitative estimate of drug-likeness (QED) is 0.573. The molecular weight excluding hydrogens is 281 g/mol. The summed E-state index contributed by atoms with van der Waals surface area (Å²) in [5.41, 5.74) is 2.58. The van der Waals surface area contributed by atoms with E-state index < -0.39 is 7.12 Å². The van der Waals surface area contributed by atoms with E-state index in [1.807, 2.05) is 0 Å². The molecule has 1 aliphatic rings. The van der Waals surface area contributed by atoms with Crippen LogP contribution >= 0.6 is 0 Å². The van der Waals surface area contributed by atoms with Crippen LogP contribution in [0.3, 0.4) is 0 Å². The molecule has 7 heteroatoms. The third-order valence-corrected chi connectivity index (χ3v) is 3.70. The van der Waals surface area contributed by atoms with Gasteiger partial charge >= 0.3 is 7.12 Å². The van der Waals surface area contributed by atoms with Crippen LogP contribution in [0.5, 0.6) is 0 Å². The maximum Gasteiger partial charge on any atom is 0.488 e. The number of hydrogen-bond acceptors (Lipinski definition) is 6. The van der Waals surface area contributed by atoms with Gasteiger partial charge in [0, 0.05) is 18.3 Å². The summed E-state index contributed by atoms with van der Waals surface area (Å²) in [7, 11) is -1.48. The summed E-state index contributed by atoms with van der Waals surface area (Å²) in [5.74, 6) is 0.547. The van der Waals surface area contributed by atoms with E-state index in [9.17, 15) is 4.79 Å². The fourth-order valence-electron chi connectivity index (χ4n) is 2.48. The van der Waals surface area contributed by atoms with E-state index in [4.69, 9.17) is 10.0 Å². The Morgan fingerprint density at radius 1 is 1.09 bits per heavy atom. The molecule has 22 heavy (non-hydrogen) atoms. The molecule has 3 rings (SSSR count). The van der Waals surface area contributed by atoms with Crippen molar-refractivity contribution in [3.05, 3.63) is 41.7 Å². The average molecular weight is 297 g/mol. The molecule has 0 radical (unpaired) electrons. The second kappa shape index (κ2) is 6.25. The van der Waals surface area contributed by atoms with Crippen molar-refractivity contribution in [1.82, 2.24) is 9.97 Å². The SMILES string of the molecule is O=C1CCCCc2nc(Nc3ccc(B(O)O)cc3)ncc21. The number of anilines is 2. The second-order valence-electron chi connectivity index (χ2n) is 5.30. The van der Waals surface area contributed by atoms with Crippen LogP contribution in [-0.4, -0.2) is 32.9 Å². The van der Waals surface area contributed by atoms with E-state index in [0.717, 1.165) is 30.6 Å². The molecular formula is C15H16BN3O3. The minimum Gasteiger partial charge on any atom is -0.423 e. The minimum atomic E-state index is -1.48. The Bertz CT molecular complexity index is 689. The number of carbonyl (C=O) groups is 1. The van der Waals surface area contributed by atoms with Gasteiger partial charge in [-0.05, 0) is 36.9 Å². The molecule has 1 heterocycles. The van der Waals surface area contributed by atoms with Crippen LogP contribution in [0.2, 0.25) is 0 Å². The van der Waals surface area contributed by atoms with Crippen molar-refractivity contribution in [1.29, 1.82) is 0 Å². The van der Waals surface area contributed by atoms with Gasteiger partial charge in [0.05, 0.1) is 11.3 Å². The van der Waals surface area contributed by atoms with Gasteiger partial charge in [-0.2, -0.15) is 0 Å². The van der Waals surface area contributed by atoms with Gasteiger partial charge in [-0.15, -0.1) is 0 Å². The molecule has 0 atom stereocenters. The van der Waals surface area contributed by atoms with E-state index in [-0.39, 0.29) is 5.78 Å². The monoisotopic (exact) mass is 297 g/mol. The van der Waals surface area contributed by atoms with Crippen LogP contribution in [0.25, 0.3) is 0 Å². The molecule has 0 aliphatic heterocycles. The highest BCUT2D eigenvalue weighted by Crippen LogP contribution is 2.20. The van der Waals surface area contributed by atoms with Gasteiger partial charge in [-0.25, -0.2) is 9.97 Å². The van der Waals surface area contributed by atoms with Crippen LogP contribution < -0.4 is 10.8 Å². The lowest BCUT2D eigenvalue weighted by molar-refractivity contribution is 0.0981. The van der Waals surface area contributed by atoms with Crippen molar-refractivity contribution in [3.63, 3.8) is 0 Å². The fourth-order valence-corrected chi connectivity index (χ4v) is 2.48. The van der Waals surface area contributed by atoms with Gasteiger partial charge in [0.1, 0.15) is 0 Å². The predicted octanol–water partition coefficient (Wildman–Crippen LogP) is 0.809. The second-order valence-corrected chi connectivity index (χ2v) is 5.30. The molecule has 6 nitrogen and oxygen atoms in total. The number of Topliss-reactive ketones (excluding diaryl/α,β-unsaturated/α-hetero) is 1. The highest BCUT2D eigenvalue weighted by molar-refractivity contribution is 6.58. The van der Waals surface area contributed by atoms with Gasteiger partial charge in [0.15, 0.2) is 5.78 Å². The zero-order chi connectivity index (χ0) is 15.5. The van der Waals surface area contributed by atoms with E-state index in [1.54, 1.807) is 30.5 Å². The zero-order valence-electron chi connectivity index (χ0n) is 12.0. The summed E-state index contributed by atoms with van der Waals surface area (Å²) in [6.45, 7) is 0. The standard InChI is InChI=1S/C15H16BN3O3/c20-14-4-2-1-3-13-12(14)9-17-15(19-13)18-11-7-5-10(6-8-11)16(21)22/h5-9,21-22H,1-4H2,(H,17,18,19). The maximum atomic E-state index is 11.9. The summed E-state index contributed by atoms with van der Waals surface area (Å²) in [4.78, 5) is 20.6. The molecule has 3 N–H and O–H groups in total. The number of nitrogens with one attached hydrogen (secondary N) is 1. The Kier molecular flexibility index (Phi) is 4.17. The van der Waals surface area contributed by atoms with Crippen LogP contribution in [0.1, 0.15) is 35.3 Å². The number of hydrogen-bond donors (Lipinski definition) is 3. The number of benzene rings is 1. The molecule has 0 spiro atoms. The van der Waals surface area contributed by atoms with E-state index in [2.05, 4.69) is 15.3 Å². The topological polar surface area (TPSA) is 95.3 Å². The van der Waals surface area contributed by atoms with Crippen molar-refractivity contribution in [2.75, 3.05) is 5.32 Å². The molecule has 0 fully saturated rings. The third-order valence-electron chi connectivity index (χ3n) is 3.70. The molecule has 2 aromatic rings. The number of rotatable bonds is 3. The van der Waals surface area contributed by atoms with Crippen molar-refractivity contribution in [3.8, 4) is 0 Å². The number of fused-ring (bicyclic) bond motifs is 1. The molecule has 0 saturated carbocycles. The van der Waals surface area contributed by atoms with Crippen LogP contribution in [0.15, 0.2) is 30.5 Å². The van der Waals surface area contributed by atoms with Gasteiger partial charge < -0.3 is 15.4 Å². The van der Waals surface area contributed by atoms with Gasteiger partial charge in [0.25, 0.3) is 0 Å². The molecule has 1 aromatic carbocycles. The van der Waals surface area contributed by atoms with Crippen LogP contribution in [0, 0.1) is 0 Å². The summed E-state index contributed by atoms with van der Waals surface area (Å²) in [6.07, 6.45) is 4.79. The van der Waals surface area contributed by atoms with Crippen molar-refractivity contribution in [2.45, 2.75) is 25.7 Å². The van der Waals surface area contributed by atoms with Crippen LogP contribution in [0.4, 0.5) is 11.6 Å². The Balaban J connectivity index is 1.81. The Hall–Kier alpha value is -2.25. The summed E-state index contributed by atoms with van der Waals surface area (Å²) in [5, 5.41) is 21.2. The molecule has 0 unspecified atom stereocenters. The summed E-state index contributed by atoms with van der Waals surface area (Å²) >= 11 is 0. The Morgan fingerprint density at radius 2 is 1.82 bits per heavy atom. The third kappa shape index (κ3) is 3.15. The lowest BCUT2D eigenvalue weighted by Gasteiger charge is -2.09. The first-order chi connectivity index (χ1) is 10.6. The van der Waals surface area contributed by atoms with Gasteiger partial charge in [-0.1, -0.05) is 12.1 Å². The maximum absolute atomic E-state index is 11.9. The van der Waals surface area contributed by atoms with Crippen molar-refractivity contribution >= 4 is 30.0 Å². The smallest absolute Gasteiger partial charge is 0.423 e. The lowest BCUT2D eigenvalue weighted by Crippen LogP contribution is -2.29. The zero-order valence-corrected chi connectivity index (χ0v) is 12.0. The molecule has 0 amide bonds. The average Bonchev–Trinajstić information content (AvgIpc) is 2.69. The van der Waals surface area contributed by atoms with Crippen molar-refractivity contribution < 1.29 is 14.8 Å². The van der Waals surface area contributed by atoms with Crippen LogP contribution in [-0.2, 0) is 6.42 Å². The Morgan fingerprint density at radius 3 is 2.55 bits per heavy atom. The number of nitrogens with zero attached hydrogens (tertiary/aromatic N) is 2. The highest BCUT2D eigenvalue weighted by Gasteiger charge is 2.18. The Labute approximate surface area is 128 Å². The van der Waals surface area contributed by atoms with Crippen molar-refractivity contribution in [2.24, 2.45) is 0 Å². The molecule has 112 valence electrons. The first-order valence-electron chi connectivity index (χ1n) is 7.26.